The number of aryl methyl sites for hydroxylation is 1. The summed E-state index contributed by atoms with van der Waals surface area (Å²) in [7, 11) is 6.16. The molecule has 2 rings (SSSR count). The number of hydrogen-bond acceptors (Lipinski definition) is 3. The Morgan fingerprint density at radius 1 is 1.50 bits per heavy atom. The number of halogens is 1. The number of likely N-dealkylation sites (N-methyl/N-ethyl adjacent to an activating group) is 1. The van der Waals surface area contributed by atoms with Crippen molar-refractivity contribution in [3.8, 4) is 0 Å². The van der Waals surface area contributed by atoms with Crippen LogP contribution in [0.25, 0.3) is 0 Å². The lowest BCUT2D eigenvalue weighted by atomic mass is 10.0. The molecule has 0 radical (unpaired) electrons. The lowest BCUT2D eigenvalue weighted by Crippen LogP contribution is -2.46. The molecule has 2 unspecified atom stereocenters. The molecule has 1 aromatic rings. The number of nitrogens with one attached hydrogen (secondary N) is 1. The zero-order valence-corrected chi connectivity index (χ0v) is 18.0. The fourth-order valence-electron chi connectivity index (χ4n) is 3.16. The molecule has 2 heterocycles. The third kappa shape index (κ3) is 5.91. The second-order valence-corrected chi connectivity index (χ2v) is 6.81. The van der Waals surface area contributed by atoms with Crippen LogP contribution in [0, 0.1) is 5.92 Å². The molecule has 1 aliphatic rings. The highest BCUT2D eigenvalue weighted by Crippen LogP contribution is 2.19. The van der Waals surface area contributed by atoms with Crippen LogP contribution in [0.1, 0.15) is 38.3 Å². The van der Waals surface area contributed by atoms with Crippen molar-refractivity contribution in [3.63, 3.8) is 0 Å². The van der Waals surface area contributed by atoms with E-state index in [-0.39, 0.29) is 30.0 Å². The van der Waals surface area contributed by atoms with Crippen LogP contribution in [-0.2, 0) is 7.05 Å². The molecule has 0 aliphatic carbocycles. The average Bonchev–Trinajstić information content (AvgIpc) is 2.92. The highest BCUT2D eigenvalue weighted by atomic mass is 127. The predicted molar refractivity (Wildman–Crippen MR) is 111 cm³/mol. The fraction of sp³-hybridized carbons (Fsp3) is 0.765. The molecule has 0 bridgehead atoms. The predicted octanol–water partition coefficient (Wildman–Crippen LogP) is 2.34. The number of aromatic nitrogens is 2. The SMILES string of the molecule is CCNC(=NCC(c1cnn(C)c1)N(C)C)N1CCCC(C)C1.I. The van der Waals surface area contributed by atoms with Crippen molar-refractivity contribution in [1.82, 2.24) is 24.9 Å². The van der Waals surface area contributed by atoms with Crippen LogP contribution in [0.2, 0.25) is 0 Å². The second kappa shape index (κ2) is 10.2. The smallest absolute Gasteiger partial charge is 0.193 e. The largest absolute Gasteiger partial charge is 0.357 e. The van der Waals surface area contributed by atoms with Gasteiger partial charge < -0.3 is 15.1 Å². The van der Waals surface area contributed by atoms with Crippen LogP contribution < -0.4 is 5.32 Å². The second-order valence-electron chi connectivity index (χ2n) is 6.81. The van der Waals surface area contributed by atoms with Gasteiger partial charge in [0, 0.05) is 38.4 Å². The maximum atomic E-state index is 4.93. The Hall–Kier alpha value is -0.830. The van der Waals surface area contributed by atoms with Crippen LogP contribution in [0.3, 0.4) is 0 Å². The molecule has 0 amide bonds. The zero-order valence-electron chi connectivity index (χ0n) is 15.7. The van der Waals surface area contributed by atoms with Gasteiger partial charge in [-0.15, -0.1) is 24.0 Å². The average molecular weight is 448 g/mol. The summed E-state index contributed by atoms with van der Waals surface area (Å²) in [5, 5.41) is 7.76. The van der Waals surface area contributed by atoms with Crippen LogP contribution in [-0.4, -0.2) is 65.8 Å². The maximum absolute atomic E-state index is 4.93. The van der Waals surface area contributed by atoms with Crippen molar-refractivity contribution in [1.29, 1.82) is 0 Å². The lowest BCUT2D eigenvalue weighted by molar-refractivity contribution is 0.263. The summed E-state index contributed by atoms with van der Waals surface area (Å²) in [6, 6.07) is 0.250. The summed E-state index contributed by atoms with van der Waals surface area (Å²) in [6.07, 6.45) is 6.60. The van der Waals surface area contributed by atoms with Gasteiger partial charge in [0.15, 0.2) is 5.96 Å². The molecule has 7 heteroatoms. The number of aliphatic imine (C=N–C) groups is 1. The van der Waals surface area contributed by atoms with Crippen molar-refractivity contribution in [2.45, 2.75) is 32.7 Å². The standard InChI is InChI=1S/C17H32N6.HI/c1-6-18-17(23-9-7-8-14(2)12-23)19-11-16(21(3)4)15-10-20-22(5)13-15;/h10,13-14,16H,6-9,11-12H2,1-5H3,(H,18,19);1H. The van der Waals surface area contributed by atoms with Crippen LogP contribution in [0.5, 0.6) is 0 Å². The molecule has 1 saturated heterocycles. The molecule has 0 spiro atoms. The Morgan fingerprint density at radius 2 is 2.25 bits per heavy atom. The van der Waals surface area contributed by atoms with Crippen molar-refractivity contribution in [3.05, 3.63) is 18.0 Å². The van der Waals surface area contributed by atoms with Crippen molar-refractivity contribution in [2.24, 2.45) is 18.0 Å². The van der Waals surface area contributed by atoms with Crippen LogP contribution in [0.4, 0.5) is 0 Å². The van der Waals surface area contributed by atoms with Crippen molar-refractivity contribution in [2.75, 3.05) is 40.3 Å². The van der Waals surface area contributed by atoms with Crippen molar-refractivity contribution < 1.29 is 0 Å². The topological polar surface area (TPSA) is 48.7 Å². The Morgan fingerprint density at radius 3 is 2.79 bits per heavy atom. The number of hydrogen-bond donors (Lipinski definition) is 1. The first kappa shape index (κ1) is 21.2. The Balaban J connectivity index is 0.00000288. The van der Waals surface area contributed by atoms with Crippen LogP contribution >= 0.6 is 24.0 Å². The van der Waals surface area contributed by atoms with Gasteiger partial charge in [-0.1, -0.05) is 6.92 Å². The minimum Gasteiger partial charge on any atom is -0.357 e. The van der Waals surface area contributed by atoms with E-state index in [1.165, 1.54) is 18.4 Å². The summed E-state index contributed by atoms with van der Waals surface area (Å²) in [5.74, 6) is 1.80. The van der Waals surface area contributed by atoms with E-state index in [9.17, 15) is 0 Å². The molecule has 2 atom stereocenters. The van der Waals surface area contributed by atoms with Crippen LogP contribution in [0.15, 0.2) is 17.4 Å². The summed E-state index contributed by atoms with van der Waals surface area (Å²) in [6.45, 7) is 8.32. The van der Waals surface area contributed by atoms with E-state index in [1.54, 1.807) is 0 Å². The minimum absolute atomic E-state index is 0. The minimum atomic E-state index is 0. The summed E-state index contributed by atoms with van der Waals surface area (Å²) < 4.78 is 1.85. The monoisotopic (exact) mass is 448 g/mol. The first-order valence-electron chi connectivity index (χ1n) is 8.69. The lowest BCUT2D eigenvalue weighted by Gasteiger charge is -2.34. The third-order valence-corrected chi connectivity index (χ3v) is 4.44. The van der Waals surface area contributed by atoms with Gasteiger partial charge in [-0.05, 0) is 39.8 Å². The molecule has 1 fully saturated rings. The molecule has 1 aromatic heterocycles. The fourth-order valence-corrected chi connectivity index (χ4v) is 3.16. The normalized spacial score (nSPS) is 20.0. The van der Waals surface area contributed by atoms with E-state index >= 15 is 0 Å². The van der Waals surface area contributed by atoms with E-state index < -0.39 is 0 Å². The van der Waals surface area contributed by atoms with Gasteiger partial charge in [-0.25, -0.2) is 0 Å². The molecule has 1 aliphatic heterocycles. The third-order valence-electron chi connectivity index (χ3n) is 4.44. The highest BCUT2D eigenvalue weighted by molar-refractivity contribution is 14.0. The molecule has 1 N–H and O–H groups in total. The number of likely N-dealkylation sites (tertiary alicyclic amines) is 1. The molecule has 0 aromatic carbocycles. The highest BCUT2D eigenvalue weighted by Gasteiger charge is 2.21. The quantitative estimate of drug-likeness (QED) is 0.427. The van der Waals surface area contributed by atoms with E-state index in [1.807, 2.05) is 17.9 Å². The van der Waals surface area contributed by atoms with E-state index in [0.29, 0.717) is 0 Å². The summed E-state index contributed by atoms with van der Waals surface area (Å²) in [5.41, 5.74) is 1.21. The van der Waals surface area contributed by atoms with Gasteiger partial charge >= 0.3 is 0 Å². The van der Waals surface area contributed by atoms with E-state index in [4.69, 9.17) is 4.99 Å². The summed E-state index contributed by atoms with van der Waals surface area (Å²) in [4.78, 5) is 9.55. The molecule has 138 valence electrons. The number of rotatable bonds is 5. The molecule has 6 nitrogen and oxygen atoms in total. The zero-order chi connectivity index (χ0) is 16.8. The Bertz CT molecular complexity index is 513. The molecular formula is C17H33IN6. The number of nitrogens with zero attached hydrogens (tertiary/aromatic N) is 5. The van der Waals surface area contributed by atoms with E-state index in [0.717, 1.165) is 38.1 Å². The van der Waals surface area contributed by atoms with Gasteiger partial charge in [0.05, 0.1) is 18.8 Å². The summed E-state index contributed by atoms with van der Waals surface area (Å²) >= 11 is 0. The first-order chi connectivity index (χ1) is 11.0. The molecule has 24 heavy (non-hydrogen) atoms. The van der Waals surface area contributed by atoms with Crippen molar-refractivity contribution >= 4 is 29.9 Å². The number of guanidine groups is 1. The maximum Gasteiger partial charge on any atom is 0.193 e. The molecule has 0 saturated carbocycles. The first-order valence-corrected chi connectivity index (χ1v) is 8.69. The molecular weight excluding hydrogens is 415 g/mol. The van der Waals surface area contributed by atoms with Gasteiger partial charge in [-0.3, -0.25) is 9.67 Å². The van der Waals surface area contributed by atoms with Gasteiger partial charge in [0.2, 0.25) is 0 Å². The van der Waals surface area contributed by atoms with E-state index in [2.05, 4.69) is 54.4 Å². The van der Waals surface area contributed by atoms with Gasteiger partial charge in [0.25, 0.3) is 0 Å². The Labute approximate surface area is 163 Å². The van der Waals surface area contributed by atoms with Gasteiger partial charge in [-0.2, -0.15) is 5.10 Å². The Kier molecular flexibility index (Phi) is 9.04. The number of piperidine rings is 1. The van der Waals surface area contributed by atoms with Gasteiger partial charge in [0.1, 0.15) is 0 Å².